The Labute approximate surface area is 129 Å². The van der Waals surface area contributed by atoms with E-state index in [2.05, 4.69) is 24.8 Å². The van der Waals surface area contributed by atoms with Crippen LogP contribution in [0.3, 0.4) is 0 Å². The monoisotopic (exact) mass is 300 g/mol. The zero-order valence-electron chi connectivity index (χ0n) is 12.6. The number of methoxy groups -OCH3 is 1. The van der Waals surface area contributed by atoms with Crippen molar-refractivity contribution in [3.8, 4) is 6.01 Å². The Bertz CT molecular complexity index is 618. The first kappa shape index (κ1) is 14.6. The number of likely N-dealkylation sites (tertiary alicyclic amines) is 1. The van der Waals surface area contributed by atoms with E-state index in [1.165, 1.54) is 12.8 Å². The average Bonchev–Trinajstić information content (AvgIpc) is 2.56. The third kappa shape index (κ3) is 3.30. The van der Waals surface area contributed by atoms with Gasteiger partial charge in [0.2, 0.25) is 5.95 Å². The molecule has 0 saturated carbocycles. The number of aromatic nitrogens is 4. The Morgan fingerprint density at radius 2 is 2.09 bits per heavy atom. The molecule has 7 heteroatoms. The number of hydrogen-bond donors (Lipinski definition) is 1. The molecule has 1 saturated heterocycles. The van der Waals surface area contributed by atoms with E-state index in [0.717, 1.165) is 30.8 Å². The molecular weight excluding hydrogens is 280 g/mol. The minimum Gasteiger partial charge on any atom is -0.467 e. The molecule has 2 N–H and O–H groups in total. The molecule has 1 atom stereocenters. The fourth-order valence-corrected chi connectivity index (χ4v) is 2.85. The molecule has 1 aliphatic heterocycles. The van der Waals surface area contributed by atoms with Crippen molar-refractivity contribution in [2.24, 2.45) is 0 Å². The van der Waals surface area contributed by atoms with Crippen LogP contribution in [0.4, 0.5) is 5.95 Å². The van der Waals surface area contributed by atoms with Crippen LogP contribution in [-0.2, 0) is 6.54 Å². The molecule has 7 nitrogen and oxygen atoms in total. The quantitative estimate of drug-likeness (QED) is 0.916. The highest BCUT2D eigenvalue weighted by atomic mass is 16.5. The minimum absolute atomic E-state index is 0.265. The summed E-state index contributed by atoms with van der Waals surface area (Å²) < 4.78 is 5.00. The first-order chi connectivity index (χ1) is 10.8. The van der Waals surface area contributed by atoms with E-state index in [4.69, 9.17) is 10.5 Å². The van der Waals surface area contributed by atoms with Crippen LogP contribution in [0.2, 0.25) is 0 Å². The fraction of sp³-hybridized carbons (Fsp3) is 0.467. The largest absolute Gasteiger partial charge is 0.467 e. The predicted molar refractivity (Wildman–Crippen MR) is 82.0 cm³/mol. The Kier molecular flexibility index (Phi) is 4.43. The molecule has 0 unspecified atom stereocenters. The third-order valence-electron chi connectivity index (χ3n) is 3.90. The molecule has 116 valence electrons. The van der Waals surface area contributed by atoms with E-state index in [0.29, 0.717) is 12.0 Å². The summed E-state index contributed by atoms with van der Waals surface area (Å²) in [5, 5.41) is 0. The van der Waals surface area contributed by atoms with Crippen LogP contribution in [0.1, 0.15) is 36.6 Å². The zero-order valence-corrected chi connectivity index (χ0v) is 12.6. The lowest BCUT2D eigenvalue weighted by molar-refractivity contribution is 0.137. The minimum atomic E-state index is 0.265. The maximum Gasteiger partial charge on any atom is 0.316 e. The highest BCUT2D eigenvalue weighted by molar-refractivity contribution is 5.20. The molecule has 1 aliphatic rings. The van der Waals surface area contributed by atoms with Crippen molar-refractivity contribution >= 4 is 5.95 Å². The van der Waals surface area contributed by atoms with E-state index >= 15 is 0 Å². The van der Waals surface area contributed by atoms with Crippen LogP contribution in [0.15, 0.2) is 24.7 Å². The molecule has 3 rings (SSSR count). The van der Waals surface area contributed by atoms with Crippen molar-refractivity contribution < 1.29 is 4.74 Å². The van der Waals surface area contributed by atoms with Gasteiger partial charge in [0.1, 0.15) is 0 Å². The second-order valence-electron chi connectivity index (χ2n) is 5.40. The molecule has 1 fully saturated rings. The third-order valence-corrected chi connectivity index (χ3v) is 3.90. The summed E-state index contributed by atoms with van der Waals surface area (Å²) in [6, 6.07) is 2.60. The Morgan fingerprint density at radius 1 is 1.27 bits per heavy atom. The van der Waals surface area contributed by atoms with Gasteiger partial charge in [-0.3, -0.25) is 4.90 Å². The molecule has 0 aliphatic carbocycles. The molecule has 22 heavy (non-hydrogen) atoms. The average molecular weight is 300 g/mol. The molecule has 0 radical (unpaired) electrons. The topological polar surface area (TPSA) is 90.0 Å². The zero-order chi connectivity index (χ0) is 15.4. The standard InChI is InChI=1S/C15H20N6O/c1-22-15-18-8-11(9-19-15)10-21-7-3-2-4-13(21)12-5-6-17-14(16)20-12/h5-6,8-9,13H,2-4,7,10H2,1H3,(H2,16,17,20)/t13-/m0/s1. The summed E-state index contributed by atoms with van der Waals surface area (Å²) in [6.07, 6.45) is 8.81. The lowest BCUT2D eigenvalue weighted by atomic mass is 9.98. The molecule has 3 heterocycles. The van der Waals surface area contributed by atoms with E-state index in [9.17, 15) is 0 Å². The molecular formula is C15H20N6O. The molecule has 0 amide bonds. The summed E-state index contributed by atoms with van der Waals surface area (Å²) in [7, 11) is 1.56. The highest BCUT2D eigenvalue weighted by Gasteiger charge is 2.25. The first-order valence-electron chi connectivity index (χ1n) is 7.43. The molecule has 0 bridgehead atoms. The number of hydrogen-bond acceptors (Lipinski definition) is 7. The van der Waals surface area contributed by atoms with Gasteiger partial charge in [0.15, 0.2) is 0 Å². The molecule has 0 aromatic carbocycles. The van der Waals surface area contributed by atoms with Crippen LogP contribution in [0, 0.1) is 0 Å². The summed E-state index contributed by atoms with van der Waals surface area (Å²) in [6.45, 7) is 1.82. The second kappa shape index (κ2) is 6.65. The van der Waals surface area contributed by atoms with Gasteiger partial charge < -0.3 is 10.5 Å². The van der Waals surface area contributed by atoms with Crippen LogP contribution < -0.4 is 10.5 Å². The van der Waals surface area contributed by atoms with Gasteiger partial charge in [0.25, 0.3) is 0 Å². The predicted octanol–water partition coefficient (Wildman–Crippen LogP) is 1.58. The maximum absolute atomic E-state index is 5.72. The van der Waals surface area contributed by atoms with Crippen LogP contribution in [0.5, 0.6) is 6.01 Å². The van der Waals surface area contributed by atoms with Crippen molar-refractivity contribution in [3.05, 3.63) is 35.9 Å². The lowest BCUT2D eigenvalue weighted by Gasteiger charge is -2.35. The Morgan fingerprint density at radius 3 is 2.82 bits per heavy atom. The number of piperidine rings is 1. The first-order valence-corrected chi connectivity index (χ1v) is 7.43. The van der Waals surface area contributed by atoms with Gasteiger partial charge in [-0.15, -0.1) is 0 Å². The van der Waals surface area contributed by atoms with E-state index in [-0.39, 0.29) is 6.04 Å². The second-order valence-corrected chi connectivity index (χ2v) is 5.40. The summed E-state index contributed by atoms with van der Waals surface area (Å²) in [5.74, 6) is 0.329. The number of nitrogens with zero attached hydrogens (tertiary/aromatic N) is 5. The van der Waals surface area contributed by atoms with Crippen molar-refractivity contribution in [2.45, 2.75) is 31.8 Å². The number of nitrogen functional groups attached to an aromatic ring is 1. The summed E-state index contributed by atoms with van der Waals surface area (Å²) >= 11 is 0. The van der Waals surface area contributed by atoms with Crippen LogP contribution in [-0.4, -0.2) is 38.5 Å². The number of anilines is 1. The number of ether oxygens (including phenoxy) is 1. The van der Waals surface area contributed by atoms with E-state index < -0.39 is 0 Å². The lowest BCUT2D eigenvalue weighted by Crippen LogP contribution is -2.33. The SMILES string of the molecule is COc1ncc(CN2CCCC[C@H]2c2ccnc(N)n2)cn1. The Balaban J connectivity index is 1.77. The van der Waals surface area contributed by atoms with Crippen molar-refractivity contribution in [3.63, 3.8) is 0 Å². The molecule has 2 aromatic heterocycles. The molecule has 0 spiro atoms. The van der Waals surface area contributed by atoms with E-state index in [1.807, 2.05) is 18.5 Å². The van der Waals surface area contributed by atoms with Gasteiger partial charge in [-0.1, -0.05) is 6.42 Å². The number of nitrogens with two attached hydrogens (primary N) is 1. The van der Waals surface area contributed by atoms with Crippen LogP contribution >= 0.6 is 0 Å². The Hall–Kier alpha value is -2.28. The van der Waals surface area contributed by atoms with Crippen molar-refractivity contribution in [1.29, 1.82) is 0 Å². The van der Waals surface area contributed by atoms with Gasteiger partial charge in [-0.2, -0.15) is 0 Å². The maximum atomic E-state index is 5.72. The summed E-state index contributed by atoms with van der Waals surface area (Å²) in [5.41, 5.74) is 7.77. The normalized spacial score (nSPS) is 19.0. The highest BCUT2D eigenvalue weighted by Crippen LogP contribution is 2.31. The van der Waals surface area contributed by atoms with Crippen LogP contribution in [0.25, 0.3) is 0 Å². The van der Waals surface area contributed by atoms with Crippen molar-refractivity contribution in [2.75, 3.05) is 19.4 Å². The van der Waals surface area contributed by atoms with Gasteiger partial charge >= 0.3 is 6.01 Å². The summed E-state index contributed by atoms with van der Waals surface area (Å²) in [4.78, 5) is 19.1. The number of rotatable bonds is 4. The van der Waals surface area contributed by atoms with Gasteiger partial charge in [0, 0.05) is 30.7 Å². The van der Waals surface area contributed by atoms with Gasteiger partial charge in [-0.25, -0.2) is 19.9 Å². The molecule has 2 aromatic rings. The van der Waals surface area contributed by atoms with Crippen molar-refractivity contribution in [1.82, 2.24) is 24.8 Å². The van der Waals surface area contributed by atoms with E-state index in [1.54, 1.807) is 13.3 Å². The van der Waals surface area contributed by atoms with Gasteiger partial charge in [0.05, 0.1) is 18.8 Å². The van der Waals surface area contributed by atoms with Gasteiger partial charge in [-0.05, 0) is 25.5 Å². The fourth-order valence-electron chi connectivity index (χ4n) is 2.85. The smallest absolute Gasteiger partial charge is 0.316 e.